The van der Waals surface area contributed by atoms with Crippen LogP contribution in [-0.2, 0) is 6.61 Å². The zero-order valence-electron chi connectivity index (χ0n) is 10.8. The van der Waals surface area contributed by atoms with Gasteiger partial charge in [0.1, 0.15) is 12.4 Å². The molecule has 1 aromatic carbocycles. The Kier molecular flexibility index (Phi) is 4.03. The molecule has 0 aliphatic heterocycles. The summed E-state index contributed by atoms with van der Waals surface area (Å²) in [6, 6.07) is 8.70. The summed E-state index contributed by atoms with van der Waals surface area (Å²) in [6.45, 7) is 1.94. The molecule has 1 amide bonds. The Balaban J connectivity index is 2.15. The summed E-state index contributed by atoms with van der Waals surface area (Å²) in [4.78, 5) is 11.5. The van der Waals surface area contributed by atoms with Crippen molar-refractivity contribution in [1.82, 2.24) is 5.43 Å². The van der Waals surface area contributed by atoms with E-state index in [0.29, 0.717) is 22.6 Å². The fourth-order valence-electron chi connectivity index (χ4n) is 1.70. The highest BCUT2D eigenvalue weighted by Crippen LogP contribution is 2.21. The van der Waals surface area contributed by atoms with Crippen LogP contribution in [0.1, 0.15) is 27.2 Å². The number of hydrogen-bond acceptors (Lipinski definition) is 5. The molecule has 0 aliphatic rings. The molecule has 0 bridgehead atoms. The Morgan fingerprint density at radius 2 is 2.30 bits per heavy atom. The van der Waals surface area contributed by atoms with Gasteiger partial charge in [-0.1, -0.05) is 6.07 Å². The molecule has 6 nitrogen and oxygen atoms in total. The van der Waals surface area contributed by atoms with Gasteiger partial charge in [0.25, 0.3) is 5.91 Å². The monoisotopic (exact) mass is 271 g/mol. The number of carbonyl (C=O) groups is 1. The third kappa shape index (κ3) is 2.79. The maximum Gasteiger partial charge on any atom is 0.268 e. The molecule has 0 saturated carbocycles. The molecule has 20 heavy (non-hydrogen) atoms. The molecular formula is C14H13N3O3. The number of nitrogens with one attached hydrogen (secondary N) is 1. The predicted molar refractivity (Wildman–Crippen MR) is 70.6 cm³/mol. The van der Waals surface area contributed by atoms with Crippen molar-refractivity contribution >= 4 is 5.91 Å². The van der Waals surface area contributed by atoms with Gasteiger partial charge >= 0.3 is 0 Å². The van der Waals surface area contributed by atoms with Gasteiger partial charge in [0.15, 0.2) is 5.76 Å². The lowest BCUT2D eigenvalue weighted by atomic mass is 10.1. The highest BCUT2D eigenvalue weighted by molar-refractivity contribution is 5.94. The van der Waals surface area contributed by atoms with Gasteiger partial charge in [-0.05, 0) is 30.7 Å². The molecule has 0 unspecified atom stereocenters. The van der Waals surface area contributed by atoms with Crippen LogP contribution >= 0.6 is 0 Å². The topological polar surface area (TPSA) is 101 Å². The number of ether oxygens (including phenoxy) is 1. The predicted octanol–water partition coefficient (Wildman–Crippen LogP) is 1.64. The Labute approximate surface area is 115 Å². The normalized spacial score (nSPS) is 9.85. The quantitative estimate of drug-likeness (QED) is 0.500. The number of hydrazine groups is 1. The first-order valence-electron chi connectivity index (χ1n) is 5.86. The van der Waals surface area contributed by atoms with Gasteiger partial charge in [-0.2, -0.15) is 5.26 Å². The van der Waals surface area contributed by atoms with E-state index in [4.69, 9.17) is 20.3 Å². The van der Waals surface area contributed by atoms with Crippen LogP contribution in [0.2, 0.25) is 0 Å². The van der Waals surface area contributed by atoms with E-state index < -0.39 is 5.91 Å². The Morgan fingerprint density at radius 3 is 3.00 bits per heavy atom. The molecule has 0 aliphatic carbocycles. The van der Waals surface area contributed by atoms with Gasteiger partial charge in [-0.3, -0.25) is 10.2 Å². The summed E-state index contributed by atoms with van der Waals surface area (Å²) in [5, 5.41) is 8.86. The highest BCUT2D eigenvalue weighted by Gasteiger charge is 2.14. The van der Waals surface area contributed by atoms with Crippen molar-refractivity contribution in [3.8, 4) is 11.8 Å². The van der Waals surface area contributed by atoms with E-state index in [0.717, 1.165) is 5.56 Å². The zero-order chi connectivity index (χ0) is 14.5. The fourth-order valence-corrected chi connectivity index (χ4v) is 1.70. The molecular weight excluding hydrogens is 258 g/mol. The second-order valence-corrected chi connectivity index (χ2v) is 4.11. The molecule has 6 heteroatoms. The molecule has 0 radical (unpaired) electrons. The molecule has 0 atom stereocenters. The Morgan fingerprint density at radius 1 is 1.50 bits per heavy atom. The summed E-state index contributed by atoms with van der Waals surface area (Å²) < 4.78 is 10.8. The number of nitrogens with zero attached hydrogens (tertiary/aromatic N) is 1. The summed E-state index contributed by atoms with van der Waals surface area (Å²) >= 11 is 0. The molecule has 102 valence electrons. The van der Waals surface area contributed by atoms with E-state index in [1.54, 1.807) is 18.2 Å². The average molecular weight is 271 g/mol. The number of furan rings is 1. The summed E-state index contributed by atoms with van der Waals surface area (Å²) in [6.07, 6.45) is 1.39. The van der Waals surface area contributed by atoms with Gasteiger partial charge in [-0.25, -0.2) is 5.84 Å². The first kappa shape index (κ1) is 13.6. The number of nitriles is 1. The molecule has 2 rings (SSSR count). The number of amides is 1. The van der Waals surface area contributed by atoms with Crippen molar-refractivity contribution in [1.29, 1.82) is 5.26 Å². The lowest BCUT2D eigenvalue weighted by molar-refractivity contribution is 0.0949. The van der Waals surface area contributed by atoms with E-state index >= 15 is 0 Å². The van der Waals surface area contributed by atoms with Crippen molar-refractivity contribution in [2.75, 3.05) is 0 Å². The SMILES string of the molecule is Cc1ccc(C#N)cc1OCc1occc1C(=O)NN. The minimum atomic E-state index is -0.445. The van der Waals surface area contributed by atoms with Crippen molar-refractivity contribution in [2.45, 2.75) is 13.5 Å². The van der Waals surface area contributed by atoms with Crippen molar-refractivity contribution in [3.63, 3.8) is 0 Å². The summed E-state index contributed by atoms with van der Waals surface area (Å²) in [5.74, 6) is 5.58. The van der Waals surface area contributed by atoms with Gasteiger partial charge in [0.05, 0.1) is 23.5 Å². The number of carbonyl (C=O) groups excluding carboxylic acids is 1. The number of benzene rings is 1. The third-order valence-corrected chi connectivity index (χ3v) is 2.80. The Hall–Kier alpha value is -2.78. The molecule has 3 N–H and O–H groups in total. The number of aryl methyl sites for hydroxylation is 1. The lowest BCUT2D eigenvalue weighted by Gasteiger charge is -2.08. The third-order valence-electron chi connectivity index (χ3n) is 2.80. The molecule has 0 spiro atoms. The van der Waals surface area contributed by atoms with E-state index in [-0.39, 0.29) is 6.61 Å². The molecule has 1 aromatic heterocycles. The minimum Gasteiger partial charge on any atom is -0.485 e. The Bertz CT molecular complexity index is 671. The van der Waals surface area contributed by atoms with Gasteiger partial charge in [0.2, 0.25) is 0 Å². The first-order chi connectivity index (χ1) is 9.65. The van der Waals surface area contributed by atoms with Crippen LogP contribution in [0, 0.1) is 18.3 Å². The molecule has 0 fully saturated rings. The van der Waals surface area contributed by atoms with Gasteiger partial charge in [0, 0.05) is 0 Å². The van der Waals surface area contributed by atoms with Crippen molar-refractivity contribution in [3.05, 3.63) is 53.0 Å². The average Bonchev–Trinajstić information content (AvgIpc) is 2.94. The van der Waals surface area contributed by atoms with E-state index in [1.807, 2.05) is 18.4 Å². The van der Waals surface area contributed by atoms with Crippen LogP contribution in [0.15, 0.2) is 34.9 Å². The van der Waals surface area contributed by atoms with Crippen LogP contribution in [0.25, 0.3) is 0 Å². The zero-order valence-corrected chi connectivity index (χ0v) is 10.8. The second kappa shape index (κ2) is 5.91. The van der Waals surface area contributed by atoms with E-state index in [2.05, 4.69) is 0 Å². The first-order valence-corrected chi connectivity index (χ1v) is 5.86. The highest BCUT2D eigenvalue weighted by atomic mass is 16.5. The van der Waals surface area contributed by atoms with Crippen LogP contribution < -0.4 is 16.0 Å². The molecule has 1 heterocycles. The van der Waals surface area contributed by atoms with Crippen LogP contribution in [0.5, 0.6) is 5.75 Å². The van der Waals surface area contributed by atoms with Crippen LogP contribution in [0.4, 0.5) is 0 Å². The van der Waals surface area contributed by atoms with Crippen molar-refractivity contribution < 1.29 is 13.9 Å². The maximum atomic E-state index is 11.5. The maximum absolute atomic E-state index is 11.5. The standard InChI is InChI=1S/C14H13N3O3/c1-9-2-3-10(7-15)6-12(9)20-8-13-11(4-5-19-13)14(18)17-16/h2-6H,8,16H2,1H3,(H,17,18). The number of nitrogen functional groups attached to an aromatic ring is 1. The number of hydrogen-bond donors (Lipinski definition) is 2. The summed E-state index contributed by atoms with van der Waals surface area (Å²) in [7, 11) is 0. The fraction of sp³-hybridized carbons (Fsp3) is 0.143. The van der Waals surface area contributed by atoms with Crippen LogP contribution in [-0.4, -0.2) is 5.91 Å². The molecule has 2 aromatic rings. The largest absolute Gasteiger partial charge is 0.485 e. The number of rotatable bonds is 4. The smallest absolute Gasteiger partial charge is 0.268 e. The van der Waals surface area contributed by atoms with E-state index in [9.17, 15) is 4.79 Å². The lowest BCUT2D eigenvalue weighted by Crippen LogP contribution is -2.30. The molecule has 0 saturated heterocycles. The van der Waals surface area contributed by atoms with Crippen LogP contribution in [0.3, 0.4) is 0 Å². The second-order valence-electron chi connectivity index (χ2n) is 4.11. The van der Waals surface area contributed by atoms with Gasteiger partial charge < -0.3 is 9.15 Å². The summed E-state index contributed by atoms with van der Waals surface area (Å²) in [5.41, 5.74) is 3.75. The van der Waals surface area contributed by atoms with Crippen molar-refractivity contribution in [2.24, 2.45) is 5.84 Å². The van der Waals surface area contributed by atoms with E-state index in [1.165, 1.54) is 12.3 Å². The minimum absolute atomic E-state index is 0.0749. The number of nitrogens with two attached hydrogens (primary N) is 1. The van der Waals surface area contributed by atoms with Gasteiger partial charge in [-0.15, -0.1) is 0 Å².